The van der Waals surface area contributed by atoms with Crippen LogP contribution in [0, 0.1) is 0 Å². The molecule has 2 N–H and O–H groups in total. The molecule has 3 heteroatoms. The first-order valence-corrected chi connectivity index (χ1v) is 4.56. The number of hydrogen-bond donors (Lipinski definition) is 2. The molecule has 0 aromatic heterocycles. The van der Waals surface area contributed by atoms with E-state index >= 15 is 0 Å². The van der Waals surface area contributed by atoms with Gasteiger partial charge in [0.15, 0.2) is 0 Å². The van der Waals surface area contributed by atoms with E-state index in [0.29, 0.717) is 3.92 Å². The lowest BCUT2D eigenvalue weighted by molar-refractivity contribution is 0.171. The summed E-state index contributed by atoms with van der Waals surface area (Å²) in [4.78, 5) is 0. The minimum atomic E-state index is -0.116. The van der Waals surface area contributed by atoms with Crippen molar-refractivity contribution in [3.63, 3.8) is 0 Å². The highest BCUT2D eigenvalue weighted by atomic mass is 127. The van der Waals surface area contributed by atoms with Gasteiger partial charge in [0, 0.05) is 10.5 Å². The van der Waals surface area contributed by atoms with Crippen LogP contribution < -0.4 is 5.32 Å². The molecule has 0 spiro atoms. The van der Waals surface area contributed by atoms with Gasteiger partial charge in [-0.1, -0.05) is 22.6 Å². The van der Waals surface area contributed by atoms with Crippen LogP contribution in [0.4, 0.5) is 0 Å². The van der Waals surface area contributed by atoms with Gasteiger partial charge in [0.2, 0.25) is 0 Å². The lowest BCUT2D eigenvalue weighted by Gasteiger charge is -2.07. The second-order valence-corrected chi connectivity index (χ2v) is 4.24. The van der Waals surface area contributed by atoms with Crippen molar-refractivity contribution in [2.24, 2.45) is 0 Å². The number of rotatable bonds is 0. The maximum Gasteiger partial charge on any atom is 0.0674 e. The van der Waals surface area contributed by atoms with Crippen LogP contribution in [0.1, 0.15) is 12.8 Å². The Bertz CT molecular complexity index is 79.1. The van der Waals surface area contributed by atoms with E-state index in [1.165, 1.54) is 6.42 Å². The first-order valence-electron chi connectivity index (χ1n) is 3.32. The predicted octanol–water partition coefficient (Wildman–Crippen LogP) is 0.534. The summed E-state index contributed by atoms with van der Waals surface area (Å²) < 4.78 is 0.660. The van der Waals surface area contributed by atoms with Gasteiger partial charge in [-0.2, -0.15) is 0 Å². The lowest BCUT2D eigenvalue weighted by Crippen LogP contribution is -2.24. The molecule has 9 heavy (non-hydrogen) atoms. The van der Waals surface area contributed by atoms with Crippen molar-refractivity contribution in [2.75, 3.05) is 13.1 Å². The van der Waals surface area contributed by atoms with Gasteiger partial charge in [-0.3, -0.25) is 0 Å². The van der Waals surface area contributed by atoms with Crippen LogP contribution in [-0.4, -0.2) is 28.2 Å². The van der Waals surface area contributed by atoms with E-state index in [1.807, 2.05) is 0 Å². The zero-order valence-electron chi connectivity index (χ0n) is 5.31. The Morgan fingerprint density at radius 3 is 3.11 bits per heavy atom. The molecule has 0 saturated carbocycles. The molecule has 2 nitrogen and oxygen atoms in total. The fourth-order valence-electron chi connectivity index (χ4n) is 1.02. The standard InChI is InChI=1S/C6H12INO/c7-5-1-2-8-4-6(9)3-5/h5-6,8-9H,1-4H2. The number of alkyl halides is 1. The summed E-state index contributed by atoms with van der Waals surface area (Å²) in [6, 6.07) is 0. The molecule has 1 rings (SSSR count). The first-order chi connectivity index (χ1) is 4.29. The van der Waals surface area contributed by atoms with E-state index in [0.717, 1.165) is 19.5 Å². The fraction of sp³-hybridized carbons (Fsp3) is 1.00. The van der Waals surface area contributed by atoms with Crippen molar-refractivity contribution >= 4 is 22.6 Å². The highest BCUT2D eigenvalue weighted by Crippen LogP contribution is 2.14. The number of hydrogen-bond acceptors (Lipinski definition) is 2. The topological polar surface area (TPSA) is 32.3 Å². The molecule has 1 fully saturated rings. The number of nitrogens with one attached hydrogen (secondary N) is 1. The summed E-state index contributed by atoms with van der Waals surface area (Å²) in [5, 5.41) is 12.4. The van der Waals surface area contributed by atoms with Crippen LogP contribution in [0.2, 0.25) is 0 Å². The number of aliphatic hydroxyl groups excluding tert-OH is 1. The van der Waals surface area contributed by atoms with Gasteiger partial charge >= 0.3 is 0 Å². The summed E-state index contributed by atoms with van der Waals surface area (Å²) in [6.07, 6.45) is 2.03. The van der Waals surface area contributed by atoms with Crippen LogP contribution in [0.5, 0.6) is 0 Å². The van der Waals surface area contributed by atoms with E-state index in [1.54, 1.807) is 0 Å². The summed E-state index contributed by atoms with van der Waals surface area (Å²) in [5.41, 5.74) is 0. The molecule has 0 aromatic rings. The summed E-state index contributed by atoms with van der Waals surface area (Å²) in [5.74, 6) is 0. The minimum absolute atomic E-state index is 0.116. The highest BCUT2D eigenvalue weighted by molar-refractivity contribution is 14.1. The molecule has 1 saturated heterocycles. The zero-order chi connectivity index (χ0) is 6.69. The molecule has 1 aliphatic rings. The summed E-state index contributed by atoms with van der Waals surface area (Å²) in [7, 11) is 0. The molecule has 0 amide bonds. The van der Waals surface area contributed by atoms with Crippen molar-refractivity contribution in [3.8, 4) is 0 Å². The number of β-amino-alcohol motifs (C(OH)–C–C–N with tert-alkyl or cyclic N) is 1. The Hall–Kier alpha value is 0.650. The van der Waals surface area contributed by atoms with Crippen molar-refractivity contribution in [1.29, 1.82) is 0 Å². The van der Waals surface area contributed by atoms with E-state index < -0.39 is 0 Å². The van der Waals surface area contributed by atoms with Crippen LogP contribution in [0.25, 0.3) is 0 Å². The average molecular weight is 241 g/mol. The average Bonchev–Trinajstić information content (AvgIpc) is 1.93. The second kappa shape index (κ2) is 3.73. The Balaban J connectivity index is 2.29. The number of halogens is 1. The lowest BCUT2D eigenvalue weighted by atomic mass is 10.2. The molecular weight excluding hydrogens is 229 g/mol. The van der Waals surface area contributed by atoms with Gasteiger partial charge in [0.1, 0.15) is 0 Å². The fourth-order valence-corrected chi connectivity index (χ4v) is 1.92. The monoisotopic (exact) mass is 241 g/mol. The van der Waals surface area contributed by atoms with Gasteiger partial charge in [-0.25, -0.2) is 0 Å². The minimum Gasteiger partial charge on any atom is -0.392 e. The smallest absolute Gasteiger partial charge is 0.0674 e. The molecule has 1 heterocycles. The van der Waals surface area contributed by atoms with E-state index in [-0.39, 0.29) is 6.10 Å². The molecule has 54 valence electrons. The molecule has 0 radical (unpaired) electrons. The quantitative estimate of drug-likeness (QED) is 0.479. The first kappa shape index (κ1) is 7.75. The SMILES string of the molecule is OC1CNCCC(I)C1. The summed E-state index contributed by atoms with van der Waals surface area (Å²) in [6.45, 7) is 1.84. The van der Waals surface area contributed by atoms with E-state index in [2.05, 4.69) is 27.9 Å². The van der Waals surface area contributed by atoms with Gasteiger partial charge in [0.05, 0.1) is 6.10 Å². The van der Waals surface area contributed by atoms with Crippen molar-refractivity contribution < 1.29 is 5.11 Å². The highest BCUT2D eigenvalue weighted by Gasteiger charge is 2.14. The maximum absolute atomic E-state index is 9.19. The third-order valence-corrected chi connectivity index (χ3v) is 2.67. The summed E-state index contributed by atoms with van der Waals surface area (Å²) >= 11 is 2.40. The number of aliphatic hydroxyl groups is 1. The van der Waals surface area contributed by atoms with Crippen molar-refractivity contribution in [2.45, 2.75) is 22.9 Å². The molecule has 0 aliphatic carbocycles. The Morgan fingerprint density at radius 2 is 2.33 bits per heavy atom. The molecule has 0 aromatic carbocycles. The Kier molecular flexibility index (Phi) is 3.21. The van der Waals surface area contributed by atoms with Crippen LogP contribution in [0.3, 0.4) is 0 Å². The Labute approximate surface area is 69.2 Å². The molecule has 2 unspecified atom stereocenters. The van der Waals surface area contributed by atoms with Crippen molar-refractivity contribution in [3.05, 3.63) is 0 Å². The third-order valence-electron chi connectivity index (χ3n) is 1.54. The molecule has 1 aliphatic heterocycles. The van der Waals surface area contributed by atoms with Crippen LogP contribution in [-0.2, 0) is 0 Å². The van der Waals surface area contributed by atoms with Crippen molar-refractivity contribution in [1.82, 2.24) is 5.32 Å². The van der Waals surface area contributed by atoms with Crippen LogP contribution >= 0.6 is 22.6 Å². The van der Waals surface area contributed by atoms with Gasteiger partial charge in [0.25, 0.3) is 0 Å². The van der Waals surface area contributed by atoms with Crippen LogP contribution in [0.15, 0.2) is 0 Å². The third kappa shape index (κ3) is 2.82. The maximum atomic E-state index is 9.19. The van der Waals surface area contributed by atoms with Gasteiger partial charge in [-0.05, 0) is 19.4 Å². The second-order valence-electron chi connectivity index (χ2n) is 2.48. The Morgan fingerprint density at radius 1 is 1.56 bits per heavy atom. The normalized spacial score (nSPS) is 38.0. The largest absolute Gasteiger partial charge is 0.392 e. The zero-order valence-corrected chi connectivity index (χ0v) is 7.47. The predicted molar refractivity (Wildman–Crippen MR) is 45.9 cm³/mol. The van der Waals surface area contributed by atoms with Gasteiger partial charge in [-0.15, -0.1) is 0 Å². The van der Waals surface area contributed by atoms with E-state index in [9.17, 15) is 5.11 Å². The molecule has 0 bridgehead atoms. The molecule has 2 atom stereocenters. The van der Waals surface area contributed by atoms with Gasteiger partial charge < -0.3 is 10.4 Å². The van der Waals surface area contributed by atoms with E-state index in [4.69, 9.17) is 0 Å². The molecular formula is C6H12INO.